The van der Waals surface area contributed by atoms with E-state index in [1.54, 1.807) is 0 Å². The van der Waals surface area contributed by atoms with Crippen LogP contribution in [-0.2, 0) is 11.3 Å². The van der Waals surface area contributed by atoms with Crippen molar-refractivity contribution in [3.8, 4) is 0 Å². The van der Waals surface area contributed by atoms with Crippen molar-refractivity contribution >= 4 is 21.9 Å². The Hall–Kier alpha value is -1.75. The van der Waals surface area contributed by atoms with Crippen molar-refractivity contribution in [3.05, 3.63) is 64.1 Å². The Morgan fingerprint density at radius 2 is 2.00 bits per heavy atom. The predicted octanol–water partition coefficient (Wildman–Crippen LogP) is 3.34. The Bertz CT molecular complexity index is 557. The maximum Gasteiger partial charge on any atom is 0.343 e. The van der Waals surface area contributed by atoms with E-state index in [1.807, 2.05) is 24.3 Å². The van der Waals surface area contributed by atoms with E-state index in [1.165, 1.54) is 18.3 Å². The number of aromatic nitrogens is 1. The third-order valence-corrected chi connectivity index (χ3v) is 2.79. The highest BCUT2D eigenvalue weighted by Gasteiger charge is 2.13. The number of carbonyl (C=O) groups is 1. The van der Waals surface area contributed by atoms with Crippen LogP contribution in [0.5, 0.6) is 0 Å². The molecule has 3 nitrogen and oxygen atoms in total. The smallest absolute Gasteiger partial charge is 0.343 e. The van der Waals surface area contributed by atoms with Gasteiger partial charge >= 0.3 is 5.97 Å². The fourth-order valence-electron chi connectivity index (χ4n) is 1.35. The monoisotopic (exact) mass is 309 g/mol. The predicted molar refractivity (Wildman–Crippen MR) is 67.5 cm³/mol. The molecule has 0 amide bonds. The summed E-state index contributed by atoms with van der Waals surface area (Å²) in [7, 11) is 0. The third-order valence-electron chi connectivity index (χ3n) is 2.26. The summed E-state index contributed by atoms with van der Waals surface area (Å²) in [5.74, 6) is -1.54. The number of hydrogen-bond acceptors (Lipinski definition) is 3. The zero-order valence-corrected chi connectivity index (χ0v) is 10.9. The maximum atomic E-state index is 13.2. The largest absolute Gasteiger partial charge is 0.457 e. The number of carbonyl (C=O) groups excluding carboxylic acids is 1. The molecule has 1 heterocycles. The number of rotatable bonds is 3. The average molecular weight is 310 g/mol. The molecule has 2 rings (SSSR count). The summed E-state index contributed by atoms with van der Waals surface area (Å²) in [5.41, 5.74) is 0.672. The van der Waals surface area contributed by atoms with Crippen molar-refractivity contribution in [3.63, 3.8) is 0 Å². The fourth-order valence-corrected chi connectivity index (χ4v) is 1.61. The van der Waals surface area contributed by atoms with Gasteiger partial charge < -0.3 is 4.74 Å². The van der Waals surface area contributed by atoms with Gasteiger partial charge in [0.15, 0.2) is 0 Å². The van der Waals surface area contributed by atoms with Crippen LogP contribution in [-0.4, -0.2) is 11.0 Å². The first kappa shape index (κ1) is 12.7. The normalized spacial score (nSPS) is 10.1. The summed E-state index contributed by atoms with van der Waals surface area (Å²) in [5, 5.41) is 0. The Balaban J connectivity index is 2.01. The van der Waals surface area contributed by atoms with Crippen LogP contribution in [0, 0.1) is 5.95 Å². The van der Waals surface area contributed by atoms with Crippen molar-refractivity contribution < 1.29 is 13.9 Å². The van der Waals surface area contributed by atoms with Gasteiger partial charge in [0, 0.05) is 10.7 Å². The van der Waals surface area contributed by atoms with Gasteiger partial charge in [-0.1, -0.05) is 28.1 Å². The van der Waals surface area contributed by atoms with E-state index in [4.69, 9.17) is 4.74 Å². The number of nitrogens with zero attached hydrogens (tertiary/aromatic N) is 1. The lowest BCUT2D eigenvalue weighted by Gasteiger charge is -2.05. The zero-order chi connectivity index (χ0) is 13.0. The lowest BCUT2D eigenvalue weighted by atomic mass is 10.2. The Morgan fingerprint density at radius 1 is 1.28 bits per heavy atom. The summed E-state index contributed by atoms with van der Waals surface area (Å²) in [6, 6.07) is 10.1. The molecule has 18 heavy (non-hydrogen) atoms. The molecular formula is C13H9BrFNO2. The molecule has 0 N–H and O–H groups in total. The van der Waals surface area contributed by atoms with Gasteiger partial charge in [0.25, 0.3) is 0 Å². The molecule has 92 valence electrons. The molecule has 0 bridgehead atoms. The van der Waals surface area contributed by atoms with Gasteiger partial charge in [-0.05, 0) is 29.8 Å². The molecule has 0 unspecified atom stereocenters. The Labute approximate surface area is 112 Å². The number of hydrogen-bond donors (Lipinski definition) is 0. The average Bonchev–Trinajstić information content (AvgIpc) is 2.38. The Morgan fingerprint density at radius 3 is 2.67 bits per heavy atom. The molecule has 1 aromatic heterocycles. The molecule has 0 atom stereocenters. The molecule has 2 aromatic rings. The first-order valence-corrected chi connectivity index (χ1v) is 5.98. The van der Waals surface area contributed by atoms with Gasteiger partial charge in [-0.3, -0.25) is 0 Å². The molecule has 0 saturated heterocycles. The van der Waals surface area contributed by atoms with Crippen molar-refractivity contribution in [2.75, 3.05) is 0 Å². The number of halogens is 2. The molecule has 0 radical (unpaired) electrons. The fraction of sp³-hybridized carbons (Fsp3) is 0.0769. The highest BCUT2D eigenvalue weighted by atomic mass is 79.9. The number of esters is 1. The van der Waals surface area contributed by atoms with E-state index >= 15 is 0 Å². The van der Waals surface area contributed by atoms with E-state index in [2.05, 4.69) is 20.9 Å². The number of ether oxygens (including phenoxy) is 1. The van der Waals surface area contributed by atoms with Crippen LogP contribution >= 0.6 is 15.9 Å². The van der Waals surface area contributed by atoms with Crippen LogP contribution in [0.1, 0.15) is 15.9 Å². The van der Waals surface area contributed by atoms with Crippen LogP contribution in [0.15, 0.2) is 47.1 Å². The van der Waals surface area contributed by atoms with E-state index in [0.717, 1.165) is 10.0 Å². The van der Waals surface area contributed by atoms with Crippen LogP contribution in [0.4, 0.5) is 4.39 Å². The second kappa shape index (κ2) is 5.73. The molecule has 0 fully saturated rings. The second-order valence-corrected chi connectivity index (χ2v) is 4.46. The number of benzene rings is 1. The van der Waals surface area contributed by atoms with Gasteiger partial charge in [-0.15, -0.1) is 0 Å². The zero-order valence-electron chi connectivity index (χ0n) is 9.27. The van der Waals surface area contributed by atoms with E-state index in [-0.39, 0.29) is 12.2 Å². The van der Waals surface area contributed by atoms with Crippen molar-refractivity contribution in [2.24, 2.45) is 0 Å². The molecule has 5 heteroatoms. The molecule has 0 aliphatic heterocycles. The van der Waals surface area contributed by atoms with Gasteiger partial charge in [0.05, 0.1) is 0 Å². The second-order valence-electron chi connectivity index (χ2n) is 3.54. The molecule has 0 aliphatic carbocycles. The van der Waals surface area contributed by atoms with Gasteiger partial charge in [0.1, 0.15) is 12.2 Å². The minimum Gasteiger partial charge on any atom is -0.457 e. The summed E-state index contributed by atoms with van der Waals surface area (Å²) < 4.78 is 19.1. The highest BCUT2D eigenvalue weighted by molar-refractivity contribution is 9.10. The minimum absolute atomic E-state index is 0.0977. The SMILES string of the molecule is O=C(OCc1ccc(Br)cc1)c1cccnc1F. The quantitative estimate of drug-likeness (QED) is 0.645. The molecule has 0 aliphatic rings. The molecular weight excluding hydrogens is 301 g/mol. The van der Waals surface area contributed by atoms with E-state index in [9.17, 15) is 9.18 Å². The standard InChI is InChI=1S/C13H9BrFNO2/c14-10-5-3-9(4-6-10)8-18-13(17)11-2-1-7-16-12(11)15/h1-7H,8H2. The van der Waals surface area contributed by atoms with Crippen molar-refractivity contribution in [2.45, 2.75) is 6.61 Å². The third kappa shape index (κ3) is 3.13. The van der Waals surface area contributed by atoms with Gasteiger partial charge in [-0.25, -0.2) is 9.78 Å². The minimum atomic E-state index is -0.821. The van der Waals surface area contributed by atoms with E-state index < -0.39 is 11.9 Å². The summed E-state index contributed by atoms with van der Waals surface area (Å²) >= 11 is 3.31. The first-order chi connectivity index (χ1) is 8.66. The Kier molecular flexibility index (Phi) is 4.04. The summed E-state index contributed by atoms with van der Waals surface area (Å²) in [6.07, 6.45) is 1.28. The van der Waals surface area contributed by atoms with Crippen LogP contribution < -0.4 is 0 Å². The van der Waals surface area contributed by atoms with Gasteiger partial charge in [-0.2, -0.15) is 4.39 Å². The maximum absolute atomic E-state index is 13.2. The topological polar surface area (TPSA) is 39.2 Å². The molecule has 1 aromatic carbocycles. The molecule has 0 spiro atoms. The highest BCUT2D eigenvalue weighted by Crippen LogP contribution is 2.12. The lowest BCUT2D eigenvalue weighted by Crippen LogP contribution is -2.08. The van der Waals surface area contributed by atoms with Crippen molar-refractivity contribution in [1.29, 1.82) is 0 Å². The van der Waals surface area contributed by atoms with Crippen LogP contribution in [0.3, 0.4) is 0 Å². The first-order valence-electron chi connectivity index (χ1n) is 5.19. The van der Waals surface area contributed by atoms with Gasteiger partial charge in [0.2, 0.25) is 5.95 Å². The summed E-state index contributed by atoms with van der Waals surface area (Å²) in [6.45, 7) is 0.0977. The van der Waals surface area contributed by atoms with Crippen molar-refractivity contribution in [1.82, 2.24) is 4.98 Å². The molecule has 0 saturated carbocycles. The summed E-state index contributed by atoms with van der Waals surface area (Å²) in [4.78, 5) is 15.0. The van der Waals surface area contributed by atoms with Crippen LogP contribution in [0.2, 0.25) is 0 Å². The van der Waals surface area contributed by atoms with E-state index in [0.29, 0.717) is 0 Å². The van der Waals surface area contributed by atoms with Crippen LogP contribution in [0.25, 0.3) is 0 Å². The number of pyridine rings is 1. The lowest BCUT2D eigenvalue weighted by molar-refractivity contribution is 0.0466.